The van der Waals surface area contributed by atoms with Gasteiger partial charge in [0.15, 0.2) is 0 Å². The van der Waals surface area contributed by atoms with E-state index in [4.69, 9.17) is 0 Å². The highest BCUT2D eigenvalue weighted by molar-refractivity contribution is 5.15. The first-order valence-corrected chi connectivity index (χ1v) is 24.5. The van der Waals surface area contributed by atoms with Crippen LogP contribution in [-0.4, -0.2) is 17.6 Å². The highest BCUT2D eigenvalue weighted by Gasteiger charge is 2.27. The summed E-state index contributed by atoms with van der Waals surface area (Å²) in [5.41, 5.74) is 2.99. The van der Waals surface area contributed by atoms with E-state index in [0.29, 0.717) is 0 Å². The van der Waals surface area contributed by atoms with Crippen LogP contribution < -0.4 is 0 Å². The fourth-order valence-corrected chi connectivity index (χ4v) is 8.52. The first kappa shape index (κ1) is 49.0. The van der Waals surface area contributed by atoms with Gasteiger partial charge in [0.1, 0.15) is 13.1 Å². The van der Waals surface area contributed by atoms with Crippen LogP contribution in [0.5, 0.6) is 0 Å². The lowest BCUT2D eigenvalue weighted by Gasteiger charge is -2.39. The first-order chi connectivity index (χ1) is 27.3. The Morgan fingerprint density at radius 2 is 0.564 bits per heavy atom. The SMILES string of the molecule is CCCCCCCCCCCCC/C=C/CCCCC[N+](CCCCC/C=C/CCCCCCCCCCCCC)(Cc1ccccc1)Cc1ccccc1. The number of quaternary nitrogens is 1. The molecule has 0 bridgehead atoms. The molecule has 0 aliphatic heterocycles. The molecule has 55 heavy (non-hydrogen) atoms. The van der Waals surface area contributed by atoms with Crippen LogP contribution in [0.4, 0.5) is 0 Å². The Morgan fingerprint density at radius 3 is 0.855 bits per heavy atom. The van der Waals surface area contributed by atoms with E-state index >= 15 is 0 Å². The van der Waals surface area contributed by atoms with Crippen molar-refractivity contribution >= 4 is 0 Å². The average molecular weight is 755 g/mol. The Kier molecular flexibility index (Phi) is 33.4. The fraction of sp³-hybridized carbons (Fsp3) is 0.704. The van der Waals surface area contributed by atoms with Crippen LogP contribution in [0.15, 0.2) is 85.0 Å². The van der Waals surface area contributed by atoms with Gasteiger partial charge in [0.2, 0.25) is 0 Å². The van der Waals surface area contributed by atoms with E-state index in [1.807, 2.05) is 0 Å². The third-order valence-electron chi connectivity index (χ3n) is 12.0. The van der Waals surface area contributed by atoms with Gasteiger partial charge in [-0.05, 0) is 77.0 Å². The Balaban J connectivity index is 1.68. The van der Waals surface area contributed by atoms with Crippen LogP contribution >= 0.6 is 0 Å². The molecule has 0 aliphatic rings. The van der Waals surface area contributed by atoms with Gasteiger partial charge in [0.25, 0.3) is 0 Å². The molecule has 0 amide bonds. The van der Waals surface area contributed by atoms with E-state index in [9.17, 15) is 0 Å². The van der Waals surface area contributed by atoms with Gasteiger partial charge in [-0.25, -0.2) is 0 Å². The Hall–Kier alpha value is -2.12. The summed E-state index contributed by atoms with van der Waals surface area (Å²) in [6, 6.07) is 22.7. The maximum atomic E-state index is 2.48. The summed E-state index contributed by atoms with van der Waals surface area (Å²) in [6.45, 7) is 9.47. The maximum absolute atomic E-state index is 2.48. The minimum absolute atomic E-state index is 1.15. The van der Waals surface area contributed by atoms with E-state index in [2.05, 4.69) is 98.8 Å². The second-order valence-corrected chi connectivity index (χ2v) is 17.4. The highest BCUT2D eigenvalue weighted by atomic mass is 15.3. The molecule has 0 unspecified atom stereocenters. The second-order valence-electron chi connectivity index (χ2n) is 17.4. The zero-order valence-electron chi connectivity index (χ0n) is 37.0. The zero-order chi connectivity index (χ0) is 39.0. The molecule has 0 saturated carbocycles. The van der Waals surface area contributed by atoms with Crippen LogP contribution in [0.3, 0.4) is 0 Å². The van der Waals surface area contributed by atoms with Crippen molar-refractivity contribution in [3.8, 4) is 0 Å². The summed E-state index contributed by atoms with van der Waals surface area (Å²) in [6.07, 6.45) is 54.5. The summed E-state index contributed by atoms with van der Waals surface area (Å²) in [4.78, 5) is 0. The molecule has 2 aromatic rings. The predicted octanol–water partition coefficient (Wildman–Crippen LogP) is 17.8. The van der Waals surface area contributed by atoms with Gasteiger partial charge in [-0.15, -0.1) is 0 Å². The zero-order valence-corrected chi connectivity index (χ0v) is 37.0. The number of allylic oxidation sites excluding steroid dienone is 4. The van der Waals surface area contributed by atoms with Crippen molar-refractivity contribution in [1.29, 1.82) is 0 Å². The van der Waals surface area contributed by atoms with Crippen LogP contribution in [0.1, 0.15) is 230 Å². The molecule has 0 aliphatic carbocycles. The van der Waals surface area contributed by atoms with Gasteiger partial charge in [0, 0.05) is 11.1 Å². The van der Waals surface area contributed by atoms with Crippen molar-refractivity contribution in [3.63, 3.8) is 0 Å². The predicted molar refractivity (Wildman–Crippen MR) is 248 cm³/mol. The fourth-order valence-electron chi connectivity index (χ4n) is 8.52. The van der Waals surface area contributed by atoms with Crippen molar-refractivity contribution in [2.24, 2.45) is 0 Å². The minimum atomic E-state index is 1.15. The molecule has 0 heterocycles. The van der Waals surface area contributed by atoms with Gasteiger partial charge in [-0.3, -0.25) is 0 Å². The molecular formula is C54H92N+. The normalized spacial score (nSPS) is 12.1. The molecule has 0 fully saturated rings. The van der Waals surface area contributed by atoms with Crippen molar-refractivity contribution in [3.05, 3.63) is 96.1 Å². The van der Waals surface area contributed by atoms with E-state index in [1.165, 1.54) is 234 Å². The van der Waals surface area contributed by atoms with E-state index in [0.717, 1.165) is 13.1 Å². The van der Waals surface area contributed by atoms with Crippen LogP contribution in [-0.2, 0) is 13.1 Å². The number of nitrogens with zero attached hydrogens (tertiary/aromatic N) is 1. The lowest BCUT2D eigenvalue weighted by molar-refractivity contribution is -0.954. The second kappa shape index (κ2) is 37.5. The van der Waals surface area contributed by atoms with Gasteiger partial charge >= 0.3 is 0 Å². The molecule has 2 aromatic carbocycles. The molecule has 312 valence electrons. The molecule has 0 spiro atoms. The summed E-state index contributed by atoms with van der Waals surface area (Å²) < 4.78 is 1.19. The molecular weight excluding hydrogens is 663 g/mol. The topological polar surface area (TPSA) is 0 Å². The van der Waals surface area contributed by atoms with Crippen LogP contribution in [0.25, 0.3) is 0 Å². The number of unbranched alkanes of at least 4 members (excludes halogenated alkanes) is 28. The third kappa shape index (κ3) is 29.7. The number of hydrogen-bond acceptors (Lipinski definition) is 0. The van der Waals surface area contributed by atoms with E-state index in [-0.39, 0.29) is 0 Å². The van der Waals surface area contributed by atoms with Crippen LogP contribution in [0, 0.1) is 0 Å². The molecule has 0 atom stereocenters. The average Bonchev–Trinajstić information content (AvgIpc) is 3.20. The molecule has 2 rings (SSSR count). The highest BCUT2D eigenvalue weighted by Crippen LogP contribution is 2.24. The summed E-state index contributed by atoms with van der Waals surface area (Å²) in [7, 11) is 0. The minimum Gasteiger partial charge on any atom is -0.316 e. The molecule has 0 saturated heterocycles. The quantitative estimate of drug-likeness (QED) is 0.0361. The Labute approximate surface area is 344 Å². The molecule has 0 N–H and O–H groups in total. The lowest BCUT2D eigenvalue weighted by atomic mass is 10.0. The van der Waals surface area contributed by atoms with Crippen molar-refractivity contribution in [2.45, 2.75) is 232 Å². The monoisotopic (exact) mass is 755 g/mol. The number of hydrogen-bond donors (Lipinski definition) is 0. The lowest BCUT2D eigenvalue weighted by Crippen LogP contribution is -2.48. The van der Waals surface area contributed by atoms with Crippen molar-refractivity contribution in [2.75, 3.05) is 13.1 Å². The Bertz CT molecular complexity index is 1010. The molecule has 1 nitrogen and oxygen atoms in total. The van der Waals surface area contributed by atoms with Gasteiger partial charge in [-0.1, -0.05) is 227 Å². The number of rotatable bonds is 40. The van der Waals surface area contributed by atoms with Crippen molar-refractivity contribution in [1.82, 2.24) is 0 Å². The summed E-state index contributed by atoms with van der Waals surface area (Å²) in [5, 5.41) is 0. The van der Waals surface area contributed by atoms with Crippen molar-refractivity contribution < 1.29 is 4.48 Å². The smallest absolute Gasteiger partial charge is 0.105 e. The Morgan fingerprint density at radius 1 is 0.309 bits per heavy atom. The van der Waals surface area contributed by atoms with Gasteiger partial charge in [0.05, 0.1) is 13.1 Å². The molecule has 0 radical (unpaired) electrons. The van der Waals surface area contributed by atoms with Crippen LogP contribution in [0.2, 0.25) is 0 Å². The largest absolute Gasteiger partial charge is 0.316 e. The summed E-state index contributed by atoms with van der Waals surface area (Å²) >= 11 is 0. The van der Waals surface area contributed by atoms with E-state index in [1.54, 1.807) is 0 Å². The van der Waals surface area contributed by atoms with E-state index < -0.39 is 0 Å². The molecule has 1 heteroatoms. The van der Waals surface area contributed by atoms with Gasteiger partial charge in [-0.2, -0.15) is 0 Å². The maximum Gasteiger partial charge on any atom is 0.105 e. The standard InChI is InChI=1S/C54H92N/c1-3-5-7-9-11-13-15-17-19-21-23-25-27-29-31-33-35-43-49-55(51-53-45-39-37-40-46-53,52-54-47-41-38-42-48-54)50-44-36-34-32-30-28-26-24-22-20-18-16-14-12-10-8-6-4-2/h27-30,37-42,45-48H,3-26,31-36,43-44,49-52H2,1-2H3/q+1/b29-27+,30-28+. The number of benzene rings is 2. The third-order valence-corrected chi connectivity index (χ3v) is 12.0. The first-order valence-electron chi connectivity index (χ1n) is 24.5. The summed E-state index contributed by atoms with van der Waals surface area (Å²) in [5.74, 6) is 0. The molecule has 0 aromatic heterocycles. The van der Waals surface area contributed by atoms with Gasteiger partial charge < -0.3 is 4.48 Å².